The minimum absolute atomic E-state index is 0.0312. The van der Waals surface area contributed by atoms with Crippen LogP contribution in [0.25, 0.3) is 11.1 Å². The monoisotopic (exact) mass is 498 g/mol. The van der Waals surface area contributed by atoms with Gasteiger partial charge in [-0.3, -0.25) is 9.48 Å². The zero-order valence-corrected chi connectivity index (χ0v) is 20.6. The van der Waals surface area contributed by atoms with Crippen molar-refractivity contribution in [2.45, 2.75) is 25.1 Å². The lowest BCUT2D eigenvalue weighted by atomic mass is 10.1. The van der Waals surface area contributed by atoms with Crippen molar-refractivity contribution in [2.75, 3.05) is 18.9 Å². The summed E-state index contributed by atoms with van der Waals surface area (Å²) in [5.41, 5.74) is 9.15. The standard InChI is InChI=1S/C28H30N6O3/c1-34-16-21(14-32-34)20-11-26(27(29)31-13-20)28(35)33-22-12-23(30-15-22)18-37-25-9-7-24(8-10-25)36-17-19-5-3-2-4-6-19/h2-11,13-14,16,22-23,30H,12,15,17-18H2,1H3,(H2,29,31)(H,33,35)/t22-,23-/m0/s1. The van der Waals surface area contributed by atoms with E-state index in [1.807, 2.05) is 67.8 Å². The molecule has 1 aliphatic rings. The molecular weight excluding hydrogens is 468 g/mol. The number of anilines is 1. The number of aryl methyl sites for hydroxylation is 1. The summed E-state index contributed by atoms with van der Waals surface area (Å²) in [6.45, 7) is 1.67. The minimum atomic E-state index is -0.241. The molecule has 4 aromatic rings. The van der Waals surface area contributed by atoms with E-state index in [2.05, 4.69) is 20.7 Å². The molecule has 0 spiro atoms. The third-order valence-corrected chi connectivity index (χ3v) is 6.28. The second kappa shape index (κ2) is 11.1. The lowest BCUT2D eigenvalue weighted by Gasteiger charge is -2.15. The molecule has 0 radical (unpaired) electrons. The van der Waals surface area contributed by atoms with E-state index >= 15 is 0 Å². The highest BCUT2D eigenvalue weighted by Crippen LogP contribution is 2.22. The molecule has 9 nitrogen and oxygen atoms in total. The molecule has 2 atom stereocenters. The molecule has 0 unspecified atom stereocenters. The fourth-order valence-electron chi connectivity index (χ4n) is 4.27. The number of ether oxygens (including phenoxy) is 2. The molecule has 3 heterocycles. The van der Waals surface area contributed by atoms with Gasteiger partial charge in [0, 0.05) is 49.2 Å². The van der Waals surface area contributed by atoms with E-state index in [1.165, 1.54) is 0 Å². The second-order valence-corrected chi connectivity index (χ2v) is 9.13. The summed E-state index contributed by atoms with van der Waals surface area (Å²) >= 11 is 0. The lowest BCUT2D eigenvalue weighted by molar-refractivity contribution is 0.0940. The Labute approximate surface area is 215 Å². The topological polar surface area (TPSA) is 116 Å². The van der Waals surface area contributed by atoms with Gasteiger partial charge in [-0.15, -0.1) is 0 Å². The first kappa shape index (κ1) is 24.3. The molecule has 0 aliphatic carbocycles. The molecule has 4 N–H and O–H groups in total. The normalized spacial score (nSPS) is 16.9. The van der Waals surface area contributed by atoms with E-state index in [-0.39, 0.29) is 23.8 Å². The third-order valence-electron chi connectivity index (χ3n) is 6.28. The van der Waals surface area contributed by atoms with E-state index in [9.17, 15) is 4.79 Å². The predicted molar refractivity (Wildman–Crippen MR) is 141 cm³/mol. The molecule has 9 heteroatoms. The molecule has 0 bridgehead atoms. The summed E-state index contributed by atoms with van der Waals surface area (Å²) in [5, 5.41) is 10.7. The van der Waals surface area contributed by atoms with Crippen molar-refractivity contribution in [1.29, 1.82) is 0 Å². The Morgan fingerprint density at radius 3 is 2.57 bits per heavy atom. The average molecular weight is 499 g/mol. The highest BCUT2D eigenvalue weighted by Gasteiger charge is 2.27. The fraction of sp³-hybridized carbons (Fsp3) is 0.250. The number of hydrogen-bond acceptors (Lipinski definition) is 7. The van der Waals surface area contributed by atoms with Gasteiger partial charge in [0.25, 0.3) is 5.91 Å². The summed E-state index contributed by atoms with van der Waals surface area (Å²) in [7, 11) is 1.84. The number of amides is 1. The maximum Gasteiger partial charge on any atom is 0.255 e. The molecular formula is C28H30N6O3. The van der Waals surface area contributed by atoms with E-state index in [4.69, 9.17) is 15.2 Å². The molecule has 190 valence electrons. The van der Waals surface area contributed by atoms with Crippen molar-refractivity contribution in [3.63, 3.8) is 0 Å². The quantitative estimate of drug-likeness (QED) is 0.325. The first-order chi connectivity index (χ1) is 18.0. The van der Waals surface area contributed by atoms with Crippen LogP contribution in [0.4, 0.5) is 5.82 Å². The highest BCUT2D eigenvalue weighted by molar-refractivity contribution is 5.99. The second-order valence-electron chi connectivity index (χ2n) is 9.13. The number of nitrogens with two attached hydrogens (primary N) is 1. The van der Waals surface area contributed by atoms with Gasteiger partial charge >= 0.3 is 0 Å². The van der Waals surface area contributed by atoms with Gasteiger partial charge in [0.2, 0.25) is 0 Å². The number of rotatable bonds is 9. The molecule has 0 saturated carbocycles. The molecule has 37 heavy (non-hydrogen) atoms. The van der Waals surface area contributed by atoms with E-state index in [1.54, 1.807) is 23.1 Å². The van der Waals surface area contributed by atoms with Gasteiger partial charge in [-0.2, -0.15) is 5.10 Å². The van der Waals surface area contributed by atoms with Crippen LogP contribution in [-0.2, 0) is 13.7 Å². The van der Waals surface area contributed by atoms with Gasteiger partial charge in [0.1, 0.15) is 30.5 Å². The van der Waals surface area contributed by atoms with Gasteiger partial charge in [-0.05, 0) is 42.3 Å². The van der Waals surface area contributed by atoms with Crippen LogP contribution in [0.15, 0.2) is 79.3 Å². The smallest absolute Gasteiger partial charge is 0.255 e. The number of pyridine rings is 1. The summed E-state index contributed by atoms with van der Waals surface area (Å²) < 4.78 is 13.5. The van der Waals surface area contributed by atoms with E-state index in [0.29, 0.717) is 25.3 Å². The van der Waals surface area contributed by atoms with Gasteiger partial charge in [0.15, 0.2) is 0 Å². The Hall–Kier alpha value is -4.37. The number of nitrogen functional groups attached to an aromatic ring is 1. The number of benzene rings is 2. The number of aromatic nitrogens is 3. The Morgan fingerprint density at radius 1 is 1.08 bits per heavy atom. The Kier molecular flexibility index (Phi) is 7.32. The Bertz CT molecular complexity index is 1340. The Balaban J connectivity index is 1.09. The maximum absolute atomic E-state index is 12.9. The molecule has 1 amide bonds. The van der Waals surface area contributed by atoms with Crippen LogP contribution in [0.1, 0.15) is 22.3 Å². The van der Waals surface area contributed by atoms with E-state index < -0.39 is 0 Å². The molecule has 1 saturated heterocycles. The highest BCUT2D eigenvalue weighted by atomic mass is 16.5. The molecule has 2 aromatic carbocycles. The third kappa shape index (κ3) is 6.25. The van der Waals surface area contributed by atoms with Crippen molar-refractivity contribution in [1.82, 2.24) is 25.4 Å². The van der Waals surface area contributed by atoms with Gasteiger partial charge in [0.05, 0.1) is 11.8 Å². The van der Waals surface area contributed by atoms with Crippen molar-refractivity contribution < 1.29 is 14.3 Å². The van der Waals surface area contributed by atoms with Crippen LogP contribution in [0, 0.1) is 0 Å². The van der Waals surface area contributed by atoms with Crippen LogP contribution in [0.3, 0.4) is 0 Å². The fourth-order valence-corrected chi connectivity index (χ4v) is 4.27. The average Bonchev–Trinajstić information content (AvgIpc) is 3.56. The van der Waals surface area contributed by atoms with Gasteiger partial charge in [-0.25, -0.2) is 4.98 Å². The number of nitrogens with one attached hydrogen (secondary N) is 2. The van der Waals surface area contributed by atoms with Gasteiger partial charge in [-0.1, -0.05) is 30.3 Å². The number of carbonyl (C=O) groups is 1. The number of carbonyl (C=O) groups excluding carboxylic acids is 1. The minimum Gasteiger partial charge on any atom is -0.492 e. The van der Waals surface area contributed by atoms with Crippen LogP contribution in [0.5, 0.6) is 11.5 Å². The summed E-state index contributed by atoms with van der Waals surface area (Å²) in [4.78, 5) is 17.2. The molecule has 2 aromatic heterocycles. The maximum atomic E-state index is 12.9. The van der Waals surface area contributed by atoms with Crippen LogP contribution in [-0.4, -0.2) is 45.9 Å². The zero-order valence-electron chi connectivity index (χ0n) is 20.6. The lowest BCUT2D eigenvalue weighted by Crippen LogP contribution is -2.36. The molecule has 5 rings (SSSR count). The molecule has 1 aliphatic heterocycles. The summed E-state index contributed by atoms with van der Waals surface area (Å²) in [6.07, 6.45) is 5.99. The van der Waals surface area contributed by atoms with Crippen LogP contribution >= 0.6 is 0 Å². The number of nitrogens with zero attached hydrogens (tertiary/aromatic N) is 3. The van der Waals surface area contributed by atoms with Crippen molar-refractivity contribution in [3.8, 4) is 22.6 Å². The van der Waals surface area contributed by atoms with E-state index in [0.717, 1.165) is 34.6 Å². The van der Waals surface area contributed by atoms with Crippen molar-refractivity contribution in [3.05, 3.63) is 90.4 Å². The summed E-state index contributed by atoms with van der Waals surface area (Å²) in [6, 6.07) is 19.5. The molecule has 1 fully saturated rings. The first-order valence-electron chi connectivity index (χ1n) is 12.2. The van der Waals surface area contributed by atoms with Crippen LogP contribution < -0.4 is 25.8 Å². The first-order valence-corrected chi connectivity index (χ1v) is 12.2. The Morgan fingerprint density at radius 2 is 1.84 bits per heavy atom. The van der Waals surface area contributed by atoms with Gasteiger partial charge < -0.3 is 25.8 Å². The number of hydrogen-bond donors (Lipinski definition) is 3. The zero-order chi connectivity index (χ0) is 25.6. The van der Waals surface area contributed by atoms with Crippen molar-refractivity contribution in [2.24, 2.45) is 7.05 Å². The predicted octanol–water partition coefficient (Wildman–Crippen LogP) is 3.18. The largest absolute Gasteiger partial charge is 0.492 e. The summed E-state index contributed by atoms with van der Waals surface area (Å²) in [5.74, 6) is 1.52. The van der Waals surface area contributed by atoms with Crippen molar-refractivity contribution >= 4 is 11.7 Å². The SMILES string of the molecule is Cn1cc(-c2cnc(N)c(C(=O)N[C@@H]3CN[C@H](COc4ccc(OCc5ccccc5)cc4)C3)c2)cn1. The van der Waals surface area contributed by atoms with Crippen LogP contribution in [0.2, 0.25) is 0 Å².